The van der Waals surface area contributed by atoms with Crippen molar-refractivity contribution in [3.63, 3.8) is 0 Å². The fourth-order valence-electron chi connectivity index (χ4n) is 2.75. The first kappa shape index (κ1) is 11.6. The summed E-state index contributed by atoms with van der Waals surface area (Å²) in [6, 6.07) is 0.672. The van der Waals surface area contributed by atoms with Gasteiger partial charge in [0.2, 0.25) is 0 Å². The Morgan fingerprint density at radius 3 is 2.72 bits per heavy atom. The van der Waals surface area contributed by atoms with Crippen LogP contribution < -0.4 is 5.73 Å². The Balaban J connectivity index is 2.36. The molecule has 1 heterocycles. The van der Waals surface area contributed by atoms with Gasteiger partial charge >= 0.3 is 0 Å². The van der Waals surface area contributed by atoms with Crippen molar-refractivity contribution in [2.24, 2.45) is 5.73 Å². The van der Waals surface area contributed by atoms with Gasteiger partial charge in [0.1, 0.15) is 0 Å². The van der Waals surface area contributed by atoms with Crippen molar-refractivity contribution < 1.29 is 13.2 Å². The van der Waals surface area contributed by atoms with Crippen LogP contribution >= 0.6 is 0 Å². The normalized spacial score (nSPS) is 19.9. The molecule has 0 amide bonds. The SMILES string of the molecule is NC1CCCCc2[nH]c3cc(F)c(F)c(F)c3c21. The Labute approximate surface area is 102 Å². The standard InChI is InChI=1S/C13H13F3N2/c14-6-5-9-11(13(16)12(6)15)10-7(17)3-1-2-4-8(10)18-9/h5,7,18H,1-4,17H2. The van der Waals surface area contributed by atoms with Crippen molar-refractivity contribution in [3.8, 4) is 0 Å². The number of halogens is 3. The van der Waals surface area contributed by atoms with Gasteiger partial charge in [-0.25, -0.2) is 13.2 Å². The van der Waals surface area contributed by atoms with Gasteiger partial charge in [-0.15, -0.1) is 0 Å². The molecule has 1 atom stereocenters. The van der Waals surface area contributed by atoms with Gasteiger partial charge in [0.25, 0.3) is 0 Å². The monoisotopic (exact) mass is 254 g/mol. The molecule has 1 aromatic carbocycles. The van der Waals surface area contributed by atoms with Crippen LogP contribution in [0.2, 0.25) is 0 Å². The summed E-state index contributed by atoms with van der Waals surface area (Å²) in [7, 11) is 0. The van der Waals surface area contributed by atoms with Crippen LogP contribution in [0.3, 0.4) is 0 Å². The molecule has 3 N–H and O–H groups in total. The van der Waals surface area contributed by atoms with E-state index in [4.69, 9.17) is 5.73 Å². The number of H-pyrrole nitrogens is 1. The zero-order valence-corrected chi connectivity index (χ0v) is 9.69. The molecule has 1 unspecified atom stereocenters. The molecule has 0 bridgehead atoms. The summed E-state index contributed by atoms with van der Waals surface area (Å²) in [5.41, 5.74) is 7.71. The quantitative estimate of drug-likeness (QED) is 0.549. The minimum atomic E-state index is -1.43. The van der Waals surface area contributed by atoms with Crippen molar-refractivity contribution in [1.29, 1.82) is 0 Å². The Hall–Kier alpha value is -1.49. The fourth-order valence-corrected chi connectivity index (χ4v) is 2.75. The second kappa shape index (κ2) is 4.02. The Morgan fingerprint density at radius 2 is 1.94 bits per heavy atom. The van der Waals surface area contributed by atoms with E-state index in [9.17, 15) is 13.2 Å². The Morgan fingerprint density at radius 1 is 1.17 bits per heavy atom. The highest BCUT2D eigenvalue weighted by Crippen LogP contribution is 2.36. The first-order valence-corrected chi connectivity index (χ1v) is 6.03. The maximum Gasteiger partial charge on any atom is 0.195 e. The third kappa shape index (κ3) is 1.54. The lowest BCUT2D eigenvalue weighted by Gasteiger charge is -2.09. The van der Waals surface area contributed by atoms with Gasteiger partial charge in [-0.2, -0.15) is 0 Å². The van der Waals surface area contributed by atoms with Crippen molar-refractivity contribution in [1.82, 2.24) is 4.98 Å². The minimum Gasteiger partial charge on any atom is -0.358 e. The first-order chi connectivity index (χ1) is 8.59. The van der Waals surface area contributed by atoms with Gasteiger partial charge < -0.3 is 10.7 Å². The number of hydrogen-bond donors (Lipinski definition) is 2. The predicted molar refractivity (Wildman–Crippen MR) is 62.7 cm³/mol. The van der Waals surface area contributed by atoms with Crippen LogP contribution in [0.5, 0.6) is 0 Å². The largest absolute Gasteiger partial charge is 0.358 e. The third-order valence-corrected chi connectivity index (χ3v) is 3.60. The number of aromatic amines is 1. The van der Waals surface area contributed by atoms with Gasteiger partial charge in [0.15, 0.2) is 17.5 Å². The molecule has 1 aliphatic carbocycles. The molecule has 0 radical (unpaired) electrons. The lowest BCUT2D eigenvalue weighted by molar-refractivity contribution is 0.453. The van der Waals surface area contributed by atoms with E-state index in [-0.39, 0.29) is 16.9 Å². The van der Waals surface area contributed by atoms with Crippen LogP contribution in [0.25, 0.3) is 10.9 Å². The highest BCUT2D eigenvalue weighted by Gasteiger charge is 2.25. The summed E-state index contributed by atoms with van der Waals surface area (Å²) < 4.78 is 40.4. The minimum absolute atomic E-state index is 0.110. The summed E-state index contributed by atoms with van der Waals surface area (Å²) >= 11 is 0. The van der Waals surface area contributed by atoms with E-state index < -0.39 is 17.5 Å². The molecular weight excluding hydrogens is 241 g/mol. The Bertz CT molecular complexity index is 618. The average Bonchev–Trinajstić information content (AvgIpc) is 2.60. The number of aromatic nitrogens is 1. The van der Waals surface area contributed by atoms with E-state index in [0.29, 0.717) is 5.56 Å². The highest BCUT2D eigenvalue weighted by atomic mass is 19.2. The van der Waals surface area contributed by atoms with Crippen molar-refractivity contribution >= 4 is 10.9 Å². The summed E-state index contributed by atoms with van der Waals surface area (Å²) in [6.07, 6.45) is 3.37. The Kier molecular flexibility index (Phi) is 2.59. The van der Waals surface area contributed by atoms with Crippen molar-refractivity contribution in [3.05, 3.63) is 34.8 Å². The molecule has 2 nitrogen and oxygen atoms in total. The molecule has 0 spiro atoms. The van der Waals surface area contributed by atoms with Crippen LogP contribution in [-0.2, 0) is 6.42 Å². The molecule has 0 aliphatic heterocycles. The van der Waals surface area contributed by atoms with Crippen LogP contribution in [0.1, 0.15) is 36.6 Å². The van der Waals surface area contributed by atoms with E-state index in [2.05, 4.69) is 4.98 Å². The van der Waals surface area contributed by atoms with E-state index in [1.807, 2.05) is 0 Å². The number of rotatable bonds is 0. The average molecular weight is 254 g/mol. The number of hydrogen-bond acceptors (Lipinski definition) is 1. The fraction of sp³-hybridized carbons (Fsp3) is 0.385. The zero-order chi connectivity index (χ0) is 12.9. The van der Waals surface area contributed by atoms with Crippen molar-refractivity contribution in [2.45, 2.75) is 31.7 Å². The molecule has 2 aromatic rings. The molecule has 96 valence electrons. The molecule has 1 aliphatic rings. The topological polar surface area (TPSA) is 41.8 Å². The molecule has 0 saturated carbocycles. The van der Waals surface area contributed by atoms with Gasteiger partial charge in [0.05, 0.1) is 5.52 Å². The summed E-state index contributed by atoms with van der Waals surface area (Å²) in [5, 5.41) is 0.110. The van der Waals surface area contributed by atoms with Crippen LogP contribution in [0.15, 0.2) is 6.07 Å². The van der Waals surface area contributed by atoms with Gasteiger partial charge in [0, 0.05) is 28.8 Å². The first-order valence-electron chi connectivity index (χ1n) is 6.03. The summed E-state index contributed by atoms with van der Waals surface area (Å²) in [6.45, 7) is 0. The second-order valence-corrected chi connectivity index (χ2v) is 4.78. The maximum atomic E-state index is 13.9. The van der Waals surface area contributed by atoms with Crippen molar-refractivity contribution in [2.75, 3.05) is 0 Å². The number of benzene rings is 1. The predicted octanol–water partition coefficient (Wildman–Crippen LogP) is 3.31. The zero-order valence-electron chi connectivity index (χ0n) is 9.69. The smallest absolute Gasteiger partial charge is 0.195 e. The number of fused-ring (bicyclic) bond motifs is 3. The summed E-state index contributed by atoms with van der Waals surface area (Å²) in [5.74, 6) is -3.74. The number of nitrogens with one attached hydrogen (secondary N) is 1. The maximum absolute atomic E-state index is 13.9. The molecule has 5 heteroatoms. The summed E-state index contributed by atoms with van der Waals surface area (Å²) in [4.78, 5) is 2.97. The lowest BCUT2D eigenvalue weighted by Crippen LogP contribution is -2.10. The molecule has 0 fully saturated rings. The van der Waals surface area contributed by atoms with Gasteiger partial charge in [-0.1, -0.05) is 6.42 Å². The highest BCUT2D eigenvalue weighted by molar-refractivity contribution is 5.86. The molecule has 0 saturated heterocycles. The number of aryl methyl sites for hydroxylation is 1. The lowest BCUT2D eigenvalue weighted by atomic mass is 10.0. The van der Waals surface area contributed by atoms with E-state index >= 15 is 0 Å². The molecule has 1 aromatic heterocycles. The van der Waals surface area contributed by atoms with Gasteiger partial charge in [-0.05, 0) is 19.3 Å². The third-order valence-electron chi connectivity index (χ3n) is 3.60. The van der Waals surface area contributed by atoms with Gasteiger partial charge in [-0.3, -0.25) is 0 Å². The van der Waals surface area contributed by atoms with E-state index in [1.54, 1.807) is 0 Å². The number of nitrogens with two attached hydrogens (primary N) is 1. The van der Waals surface area contributed by atoms with E-state index in [1.165, 1.54) is 0 Å². The molecule has 18 heavy (non-hydrogen) atoms. The second-order valence-electron chi connectivity index (χ2n) is 4.78. The molecule has 3 rings (SSSR count). The van der Waals surface area contributed by atoms with Crippen LogP contribution in [0, 0.1) is 17.5 Å². The van der Waals surface area contributed by atoms with Crippen LogP contribution in [0.4, 0.5) is 13.2 Å². The van der Waals surface area contributed by atoms with Crippen LogP contribution in [-0.4, -0.2) is 4.98 Å². The molecular formula is C13H13F3N2. The van der Waals surface area contributed by atoms with E-state index in [0.717, 1.165) is 37.4 Å².